The second-order valence-electron chi connectivity index (χ2n) is 9.89. The number of ether oxygens (including phenoxy) is 3. The van der Waals surface area contributed by atoms with Crippen molar-refractivity contribution in [1.29, 1.82) is 0 Å². The topological polar surface area (TPSA) is 56.8 Å². The Hall–Kier alpha value is -2.53. The SMILES string of the molecule is COCCC1CC[C@@]2(C)c3cc(C(=O)NCc4ccc(OC)cc4OC)ccc3C[C@@H]1[C@@H]2C. The molecule has 2 aliphatic carbocycles. The van der Waals surface area contributed by atoms with Gasteiger partial charge < -0.3 is 19.5 Å². The van der Waals surface area contributed by atoms with Crippen LogP contribution in [0.3, 0.4) is 0 Å². The summed E-state index contributed by atoms with van der Waals surface area (Å²) in [4.78, 5) is 13.1. The molecule has 2 aromatic carbocycles. The Morgan fingerprint density at radius 1 is 1.12 bits per heavy atom. The third-order valence-corrected chi connectivity index (χ3v) is 8.36. The first-order valence-corrected chi connectivity index (χ1v) is 12.0. The quantitative estimate of drug-likeness (QED) is 0.603. The zero-order chi connectivity index (χ0) is 23.6. The molecule has 5 nitrogen and oxygen atoms in total. The molecule has 0 saturated heterocycles. The van der Waals surface area contributed by atoms with E-state index in [0.29, 0.717) is 24.1 Å². The third-order valence-electron chi connectivity index (χ3n) is 8.36. The summed E-state index contributed by atoms with van der Waals surface area (Å²) in [6.45, 7) is 6.06. The number of carbonyl (C=O) groups excluding carboxylic acids is 1. The zero-order valence-electron chi connectivity index (χ0n) is 20.6. The molecule has 1 unspecified atom stereocenters. The number of amides is 1. The average molecular weight is 452 g/mol. The van der Waals surface area contributed by atoms with Gasteiger partial charge in [0.2, 0.25) is 0 Å². The molecule has 0 aliphatic heterocycles. The van der Waals surface area contributed by atoms with Crippen molar-refractivity contribution in [2.75, 3.05) is 27.9 Å². The van der Waals surface area contributed by atoms with Crippen LogP contribution in [-0.4, -0.2) is 33.8 Å². The first-order chi connectivity index (χ1) is 15.9. The molecular formula is C28H37NO4. The molecule has 0 spiro atoms. The molecule has 1 saturated carbocycles. The molecule has 4 rings (SSSR count). The summed E-state index contributed by atoms with van der Waals surface area (Å²) in [7, 11) is 5.05. The highest BCUT2D eigenvalue weighted by molar-refractivity contribution is 5.94. The molecule has 178 valence electrons. The standard InChI is InChI=1S/C28H37NO4/c1-18-24-14-20-6-7-21(15-25(20)28(18,2)12-10-19(24)11-13-31-3)27(30)29-17-22-8-9-23(32-4)16-26(22)33-5/h6-9,15-16,18-19,24H,10-14,17H2,1-5H3,(H,29,30)/t18-,19?,24+,28+/m0/s1. The van der Waals surface area contributed by atoms with E-state index in [0.717, 1.165) is 42.2 Å². The van der Waals surface area contributed by atoms with Crippen molar-refractivity contribution in [2.45, 2.75) is 51.5 Å². The smallest absolute Gasteiger partial charge is 0.251 e. The van der Waals surface area contributed by atoms with Crippen LogP contribution in [0.15, 0.2) is 36.4 Å². The molecule has 1 fully saturated rings. The number of fused-ring (bicyclic) bond motifs is 4. The Balaban J connectivity index is 1.51. The maximum absolute atomic E-state index is 13.1. The molecule has 1 amide bonds. The van der Waals surface area contributed by atoms with E-state index in [1.54, 1.807) is 21.3 Å². The van der Waals surface area contributed by atoms with Crippen LogP contribution in [0.5, 0.6) is 11.5 Å². The number of hydrogen-bond donors (Lipinski definition) is 1. The van der Waals surface area contributed by atoms with Crippen molar-refractivity contribution >= 4 is 5.91 Å². The predicted octanol–water partition coefficient (Wildman–Crippen LogP) is 5.15. The Kier molecular flexibility index (Phi) is 6.99. The van der Waals surface area contributed by atoms with Gasteiger partial charge in [-0.2, -0.15) is 0 Å². The minimum absolute atomic E-state index is 0.0529. The van der Waals surface area contributed by atoms with Gasteiger partial charge in [-0.3, -0.25) is 4.79 Å². The van der Waals surface area contributed by atoms with Gasteiger partial charge >= 0.3 is 0 Å². The zero-order valence-corrected chi connectivity index (χ0v) is 20.6. The van der Waals surface area contributed by atoms with Crippen LogP contribution in [0.2, 0.25) is 0 Å². The number of rotatable bonds is 8. The van der Waals surface area contributed by atoms with Crippen molar-refractivity contribution < 1.29 is 19.0 Å². The summed E-state index contributed by atoms with van der Waals surface area (Å²) in [5.41, 5.74) is 4.55. The van der Waals surface area contributed by atoms with Gasteiger partial charge in [0, 0.05) is 37.5 Å². The lowest BCUT2D eigenvalue weighted by Crippen LogP contribution is -2.48. The maximum atomic E-state index is 13.1. The molecule has 0 aromatic heterocycles. The van der Waals surface area contributed by atoms with Crippen LogP contribution in [0.1, 0.15) is 60.2 Å². The van der Waals surface area contributed by atoms with E-state index in [-0.39, 0.29) is 11.3 Å². The summed E-state index contributed by atoms with van der Waals surface area (Å²) in [6.07, 6.45) is 4.65. The number of benzene rings is 2. The molecular weight excluding hydrogens is 414 g/mol. The van der Waals surface area contributed by atoms with Crippen molar-refractivity contribution in [3.05, 3.63) is 58.7 Å². The van der Waals surface area contributed by atoms with E-state index in [9.17, 15) is 4.79 Å². The lowest BCUT2D eigenvalue weighted by atomic mass is 9.51. The molecule has 5 heteroatoms. The number of methoxy groups -OCH3 is 3. The van der Waals surface area contributed by atoms with Gasteiger partial charge in [-0.1, -0.05) is 19.9 Å². The normalized spacial score (nSPS) is 25.8. The monoisotopic (exact) mass is 451 g/mol. The third kappa shape index (κ3) is 4.48. The average Bonchev–Trinajstić information content (AvgIpc) is 2.84. The van der Waals surface area contributed by atoms with Crippen LogP contribution >= 0.6 is 0 Å². The minimum Gasteiger partial charge on any atom is -0.497 e. The predicted molar refractivity (Wildman–Crippen MR) is 130 cm³/mol. The highest BCUT2D eigenvalue weighted by atomic mass is 16.5. The van der Waals surface area contributed by atoms with E-state index in [4.69, 9.17) is 14.2 Å². The molecule has 2 aromatic rings. The second kappa shape index (κ2) is 9.76. The van der Waals surface area contributed by atoms with Crippen molar-refractivity contribution in [3.8, 4) is 11.5 Å². The summed E-state index contributed by atoms with van der Waals surface area (Å²) in [5, 5.41) is 3.07. The molecule has 4 atom stereocenters. The van der Waals surface area contributed by atoms with Gasteiger partial charge in [0.1, 0.15) is 11.5 Å². The highest BCUT2D eigenvalue weighted by Crippen LogP contribution is 2.54. The van der Waals surface area contributed by atoms with E-state index in [1.165, 1.54) is 24.0 Å². The van der Waals surface area contributed by atoms with Crippen LogP contribution in [0, 0.1) is 17.8 Å². The van der Waals surface area contributed by atoms with Crippen LogP contribution in [0.4, 0.5) is 0 Å². The molecule has 33 heavy (non-hydrogen) atoms. The molecule has 1 N–H and O–H groups in total. The Morgan fingerprint density at radius 2 is 1.94 bits per heavy atom. The summed E-state index contributed by atoms with van der Waals surface area (Å²) >= 11 is 0. The van der Waals surface area contributed by atoms with Gasteiger partial charge in [-0.25, -0.2) is 0 Å². The molecule has 0 heterocycles. The lowest BCUT2D eigenvalue weighted by Gasteiger charge is -2.53. The fourth-order valence-corrected chi connectivity index (χ4v) is 6.12. The fraction of sp³-hybridized carbons (Fsp3) is 0.536. The van der Waals surface area contributed by atoms with Crippen molar-refractivity contribution in [3.63, 3.8) is 0 Å². The minimum atomic E-state index is -0.0529. The van der Waals surface area contributed by atoms with Crippen LogP contribution in [0.25, 0.3) is 0 Å². The first kappa shape index (κ1) is 23.6. The second-order valence-corrected chi connectivity index (χ2v) is 9.89. The molecule has 2 aliphatic rings. The number of nitrogens with one attached hydrogen (secondary N) is 1. The van der Waals surface area contributed by atoms with Gasteiger partial charge in [0.15, 0.2) is 0 Å². The Bertz CT molecular complexity index is 1000. The summed E-state index contributed by atoms with van der Waals surface area (Å²) < 4.78 is 16.1. The van der Waals surface area contributed by atoms with Crippen LogP contribution in [-0.2, 0) is 23.1 Å². The van der Waals surface area contributed by atoms with E-state index in [2.05, 4.69) is 31.3 Å². The van der Waals surface area contributed by atoms with Crippen molar-refractivity contribution in [2.24, 2.45) is 17.8 Å². The van der Waals surface area contributed by atoms with Gasteiger partial charge in [-0.05, 0) is 84.2 Å². The summed E-state index contributed by atoms with van der Waals surface area (Å²) in [6, 6.07) is 12.0. The maximum Gasteiger partial charge on any atom is 0.251 e. The van der Waals surface area contributed by atoms with E-state index < -0.39 is 0 Å². The molecule has 0 radical (unpaired) electrons. The molecule has 2 bridgehead atoms. The van der Waals surface area contributed by atoms with Crippen LogP contribution < -0.4 is 14.8 Å². The Labute approximate surface area is 197 Å². The van der Waals surface area contributed by atoms with Crippen molar-refractivity contribution in [1.82, 2.24) is 5.32 Å². The lowest BCUT2D eigenvalue weighted by molar-refractivity contribution is 0.0466. The van der Waals surface area contributed by atoms with Gasteiger partial charge in [-0.15, -0.1) is 0 Å². The number of carbonyl (C=O) groups is 1. The van der Waals surface area contributed by atoms with Gasteiger partial charge in [0.05, 0.1) is 14.2 Å². The summed E-state index contributed by atoms with van der Waals surface area (Å²) in [5.74, 6) is 3.40. The van der Waals surface area contributed by atoms with E-state index in [1.807, 2.05) is 24.3 Å². The fourth-order valence-electron chi connectivity index (χ4n) is 6.12. The van der Waals surface area contributed by atoms with E-state index >= 15 is 0 Å². The first-order valence-electron chi connectivity index (χ1n) is 12.0. The van der Waals surface area contributed by atoms with Gasteiger partial charge in [0.25, 0.3) is 5.91 Å². The highest BCUT2D eigenvalue weighted by Gasteiger charge is 2.48. The largest absolute Gasteiger partial charge is 0.497 e. The Morgan fingerprint density at radius 3 is 2.67 bits per heavy atom. The number of hydrogen-bond acceptors (Lipinski definition) is 4.